The van der Waals surface area contributed by atoms with E-state index in [0.29, 0.717) is 6.54 Å². The number of benzene rings is 1. The topological polar surface area (TPSA) is 59.0 Å². The molecule has 1 saturated heterocycles. The zero-order valence-corrected chi connectivity index (χ0v) is 13.2. The summed E-state index contributed by atoms with van der Waals surface area (Å²) in [5.74, 6) is 0.151. The van der Waals surface area contributed by atoms with Crippen LogP contribution in [0.5, 0.6) is 0 Å². The molecule has 1 aliphatic heterocycles. The minimum atomic E-state index is 0. The molecule has 118 valence electrons. The average molecular weight is 321 g/mol. The van der Waals surface area contributed by atoms with Gasteiger partial charge < -0.3 is 10.6 Å². The quantitative estimate of drug-likeness (QED) is 0.908. The van der Waals surface area contributed by atoms with E-state index in [9.17, 15) is 4.79 Å². The normalized spacial score (nSPS) is 17.5. The van der Waals surface area contributed by atoms with Crippen LogP contribution in [-0.2, 0) is 11.3 Å². The number of rotatable bonds is 4. The van der Waals surface area contributed by atoms with Gasteiger partial charge in [0.25, 0.3) is 0 Å². The van der Waals surface area contributed by atoms with Gasteiger partial charge in [-0.15, -0.1) is 12.4 Å². The fraction of sp³-hybridized carbons (Fsp3) is 0.375. The first-order valence-corrected chi connectivity index (χ1v) is 7.39. The molecule has 0 spiro atoms. The Kier molecular flexibility index (Phi) is 5.98. The van der Waals surface area contributed by atoms with E-state index < -0.39 is 0 Å². The lowest BCUT2D eigenvalue weighted by molar-refractivity contribution is -0.120. The summed E-state index contributed by atoms with van der Waals surface area (Å²) in [6, 6.07) is 10.1. The van der Waals surface area contributed by atoms with Gasteiger partial charge in [-0.2, -0.15) is 5.10 Å². The molecule has 0 radical (unpaired) electrons. The van der Waals surface area contributed by atoms with Crippen LogP contribution in [0, 0.1) is 5.92 Å². The van der Waals surface area contributed by atoms with Crippen LogP contribution < -0.4 is 10.6 Å². The largest absolute Gasteiger partial charge is 0.323 e. The summed E-state index contributed by atoms with van der Waals surface area (Å²) >= 11 is 0. The molecule has 1 aromatic heterocycles. The standard InChI is InChI=1S/C16H20N4O.ClH/c21-16(14-7-4-8-17-9-14)19-15-10-18-20(12-15)11-13-5-2-1-3-6-13;/h1-3,5-6,10,12,14,17H,4,7-9,11H2,(H,19,21);1H/t14-;/m1./s1. The van der Waals surface area contributed by atoms with Crippen molar-refractivity contribution >= 4 is 24.0 Å². The Balaban J connectivity index is 0.00000176. The summed E-state index contributed by atoms with van der Waals surface area (Å²) in [6.45, 7) is 2.49. The minimum absolute atomic E-state index is 0. The number of piperidine rings is 1. The third-order valence-corrected chi connectivity index (χ3v) is 3.76. The highest BCUT2D eigenvalue weighted by molar-refractivity contribution is 5.92. The summed E-state index contributed by atoms with van der Waals surface area (Å²) in [6.07, 6.45) is 5.60. The second kappa shape index (κ2) is 7.96. The second-order valence-corrected chi connectivity index (χ2v) is 5.44. The molecule has 1 aliphatic rings. The summed E-state index contributed by atoms with van der Waals surface area (Å²) in [7, 11) is 0. The molecule has 0 unspecified atom stereocenters. The van der Waals surface area contributed by atoms with Crippen molar-refractivity contribution in [3.05, 3.63) is 48.3 Å². The van der Waals surface area contributed by atoms with Crippen LogP contribution in [0.15, 0.2) is 42.7 Å². The van der Waals surface area contributed by atoms with Gasteiger partial charge in [0.2, 0.25) is 5.91 Å². The SMILES string of the molecule is Cl.O=C(Nc1cnn(Cc2ccccc2)c1)[C@@H]1CCCNC1. The fourth-order valence-corrected chi connectivity index (χ4v) is 2.61. The van der Waals surface area contributed by atoms with Crippen molar-refractivity contribution in [2.24, 2.45) is 5.92 Å². The minimum Gasteiger partial charge on any atom is -0.323 e. The molecule has 1 amide bonds. The van der Waals surface area contributed by atoms with Crippen LogP contribution in [0.1, 0.15) is 18.4 Å². The molecule has 1 atom stereocenters. The monoisotopic (exact) mass is 320 g/mol. The zero-order chi connectivity index (χ0) is 14.5. The highest BCUT2D eigenvalue weighted by atomic mass is 35.5. The first-order valence-electron chi connectivity index (χ1n) is 7.39. The number of nitrogens with zero attached hydrogens (tertiary/aromatic N) is 2. The summed E-state index contributed by atoms with van der Waals surface area (Å²) < 4.78 is 1.84. The van der Waals surface area contributed by atoms with Crippen molar-refractivity contribution in [1.29, 1.82) is 0 Å². The number of hydrogen-bond donors (Lipinski definition) is 2. The smallest absolute Gasteiger partial charge is 0.228 e. The van der Waals surface area contributed by atoms with Gasteiger partial charge in [-0.3, -0.25) is 9.48 Å². The number of carbonyl (C=O) groups excluding carboxylic acids is 1. The van der Waals surface area contributed by atoms with E-state index in [4.69, 9.17) is 0 Å². The van der Waals surface area contributed by atoms with E-state index in [1.54, 1.807) is 6.20 Å². The van der Waals surface area contributed by atoms with E-state index in [1.807, 2.05) is 29.1 Å². The fourth-order valence-electron chi connectivity index (χ4n) is 2.61. The Morgan fingerprint density at radius 1 is 1.36 bits per heavy atom. The first-order chi connectivity index (χ1) is 10.3. The van der Waals surface area contributed by atoms with Gasteiger partial charge in [-0.05, 0) is 24.9 Å². The number of nitrogens with one attached hydrogen (secondary N) is 2. The first kappa shape index (κ1) is 16.5. The van der Waals surface area contributed by atoms with Crippen molar-refractivity contribution in [3.8, 4) is 0 Å². The lowest BCUT2D eigenvalue weighted by Gasteiger charge is -2.21. The Morgan fingerprint density at radius 3 is 2.91 bits per heavy atom. The molecule has 6 heteroatoms. The van der Waals surface area contributed by atoms with Gasteiger partial charge in [0.15, 0.2) is 0 Å². The van der Waals surface area contributed by atoms with Crippen molar-refractivity contribution in [2.75, 3.05) is 18.4 Å². The lowest BCUT2D eigenvalue weighted by Crippen LogP contribution is -2.37. The number of halogens is 1. The summed E-state index contributed by atoms with van der Waals surface area (Å²) in [4.78, 5) is 12.1. The van der Waals surface area contributed by atoms with Crippen LogP contribution >= 0.6 is 12.4 Å². The van der Waals surface area contributed by atoms with Gasteiger partial charge in [0.05, 0.1) is 24.3 Å². The van der Waals surface area contributed by atoms with Gasteiger partial charge >= 0.3 is 0 Å². The van der Waals surface area contributed by atoms with Gasteiger partial charge in [0, 0.05) is 12.7 Å². The van der Waals surface area contributed by atoms with Gasteiger partial charge in [-0.25, -0.2) is 0 Å². The van der Waals surface area contributed by atoms with E-state index in [-0.39, 0.29) is 24.2 Å². The van der Waals surface area contributed by atoms with Crippen LogP contribution in [-0.4, -0.2) is 28.8 Å². The molecule has 22 heavy (non-hydrogen) atoms. The second-order valence-electron chi connectivity index (χ2n) is 5.44. The maximum atomic E-state index is 12.1. The Labute approximate surface area is 136 Å². The van der Waals surface area contributed by atoms with E-state index >= 15 is 0 Å². The molecule has 2 heterocycles. The van der Waals surface area contributed by atoms with Crippen molar-refractivity contribution in [1.82, 2.24) is 15.1 Å². The molecular weight excluding hydrogens is 300 g/mol. The Bertz CT molecular complexity index is 593. The summed E-state index contributed by atoms with van der Waals surface area (Å²) in [5, 5.41) is 10.5. The lowest BCUT2D eigenvalue weighted by atomic mass is 9.99. The number of carbonyl (C=O) groups is 1. The molecule has 0 saturated carbocycles. The van der Waals surface area contributed by atoms with E-state index in [1.165, 1.54) is 5.56 Å². The van der Waals surface area contributed by atoms with Crippen molar-refractivity contribution in [2.45, 2.75) is 19.4 Å². The molecule has 2 aromatic rings. The third-order valence-electron chi connectivity index (χ3n) is 3.76. The maximum Gasteiger partial charge on any atom is 0.228 e. The van der Waals surface area contributed by atoms with Crippen molar-refractivity contribution in [3.63, 3.8) is 0 Å². The van der Waals surface area contributed by atoms with E-state index in [0.717, 1.165) is 31.6 Å². The van der Waals surface area contributed by atoms with Crippen molar-refractivity contribution < 1.29 is 4.79 Å². The molecule has 0 aliphatic carbocycles. The highest BCUT2D eigenvalue weighted by Crippen LogP contribution is 2.14. The van der Waals surface area contributed by atoms with Crippen LogP contribution in [0.2, 0.25) is 0 Å². The number of hydrogen-bond acceptors (Lipinski definition) is 3. The molecule has 3 rings (SSSR count). The summed E-state index contributed by atoms with van der Waals surface area (Å²) in [5.41, 5.74) is 1.96. The number of amides is 1. The predicted octanol–water partition coefficient (Wildman–Crippen LogP) is 2.29. The molecule has 2 N–H and O–H groups in total. The third kappa shape index (κ3) is 4.32. The average Bonchev–Trinajstić information content (AvgIpc) is 2.96. The number of anilines is 1. The van der Waals surface area contributed by atoms with Gasteiger partial charge in [0.1, 0.15) is 0 Å². The van der Waals surface area contributed by atoms with Gasteiger partial charge in [-0.1, -0.05) is 30.3 Å². The molecular formula is C16H21ClN4O. The van der Waals surface area contributed by atoms with Crippen LogP contribution in [0.4, 0.5) is 5.69 Å². The molecule has 5 nitrogen and oxygen atoms in total. The van der Waals surface area contributed by atoms with Crippen LogP contribution in [0.25, 0.3) is 0 Å². The van der Waals surface area contributed by atoms with E-state index in [2.05, 4.69) is 27.9 Å². The maximum absolute atomic E-state index is 12.1. The highest BCUT2D eigenvalue weighted by Gasteiger charge is 2.21. The molecule has 1 aromatic carbocycles. The zero-order valence-electron chi connectivity index (χ0n) is 12.4. The van der Waals surface area contributed by atoms with Crippen LogP contribution in [0.3, 0.4) is 0 Å². The number of aromatic nitrogens is 2. The predicted molar refractivity (Wildman–Crippen MR) is 89.2 cm³/mol. The molecule has 1 fully saturated rings. The molecule has 0 bridgehead atoms. The Hall–Kier alpha value is -1.85. The Morgan fingerprint density at radius 2 is 2.18 bits per heavy atom.